The van der Waals surface area contributed by atoms with Gasteiger partial charge >= 0.3 is 10.2 Å². The number of carbonyl (C=O) groups excluding carboxylic acids is 1. The summed E-state index contributed by atoms with van der Waals surface area (Å²) in [6, 6.07) is 15.7. The molecule has 3 aromatic rings. The number of hydrogen-bond donors (Lipinski definition) is 0. The maximum Gasteiger partial charge on any atom is 0.329 e. The van der Waals surface area contributed by atoms with E-state index in [0.29, 0.717) is 17.5 Å². The first-order valence-electron chi connectivity index (χ1n) is 10.7. The van der Waals surface area contributed by atoms with Gasteiger partial charge in [-0.15, -0.1) is 11.3 Å². The Morgan fingerprint density at radius 2 is 1.88 bits per heavy atom. The summed E-state index contributed by atoms with van der Waals surface area (Å²) < 4.78 is 35.0. The minimum Gasteiger partial charge on any atom is -0.487 e. The van der Waals surface area contributed by atoms with Gasteiger partial charge in [0.25, 0.3) is 5.91 Å². The van der Waals surface area contributed by atoms with Gasteiger partial charge in [-0.25, -0.2) is 13.6 Å². The topological polar surface area (TPSA) is 79.8 Å². The van der Waals surface area contributed by atoms with Crippen molar-refractivity contribution >= 4 is 41.2 Å². The van der Waals surface area contributed by atoms with Gasteiger partial charge in [0.2, 0.25) is 0 Å². The average Bonchev–Trinajstić information content (AvgIpc) is 3.37. The molecule has 1 aliphatic rings. The van der Waals surface area contributed by atoms with Gasteiger partial charge in [0.1, 0.15) is 23.9 Å². The van der Waals surface area contributed by atoms with E-state index in [4.69, 9.17) is 4.74 Å². The Morgan fingerprint density at radius 1 is 1.12 bits per heavy atom. The lowest BCUT2D eigenvalue weighted by Gasteiger charge is -2.24. The van der Waals surface area contributed by atoms with Gasteiger partial charge in [-0.2, -0.15) is 8.42 Å². The normalized spacial score (nSPS) is 15.8. The van der Waals surface area contributed by atoms with E-state index in [9.17, 15) is 13.2 Å². The lowest BCUT2D eigenvalue weighted by Crippen LogP contribution is -2.37. The molecule has 1 fully saturated rings. The first-order chi connectivity index (χ1) is 15.6. The molecule has 1 aromatic heterocycles. The number of hydrogen-bond acceptors (Lipinski definition) is 6. The molecule has 0 unspecified atom stereocenters. The molecule has 33 heavy (non-hydrogen) atoms. The molecule has 2 heterocycles. The molecule has 1 aliphatic heterocycles. The summed E-state index contributed by atoms with van der Waals surface area (Å²) in [4.78, 5) is 17.1. The first kappa shape index (κ1) is 23.5. The van der Waals surface area contributed by atoms with Crippen LogP contribution in [0.3, 0.4) is 0 Å². The van der Waals surface area contributed by atoms with E-state index in [1.165, 1.54) is 11.3 Å². The van der Waals surface area contributed by atoms with Gasteiger partial charge in [-0.3, -0.25) is 4.79 Å². The molecule has 0 N–H and O–H groups in total. The van der Waals surface area contributed by atoms with Gasteiger partial charge < -0.3 is 4.74 Å². The van der Waals surface area contributed by atoms with Crippen LogP contribution in [0.15, 0.2) is 60.1 Å². The number of anilines is 1. The fourth-order valence-corrected chi connectivity index (χ4v) is 6.73. The van der Waals surface area contributed by atoms with Crippen LogP contribution >= 0.6 is 11.3 Å². The highest BCUT2D eigenvalue weighted by Crippen LogP contribution is 2.38. The summed E-state index contributed by atoms with van der Waals surface area (Å²) in [6.45, 7) is 6.73. The van der Waals surface area contributed by atoms with Crippen LogP contribution in [0.1, 0.15) is 5.56 Å². The van der Waals surface area contributed by atoms with Crippen LogP contribution in [-0.2, 0) is 21.6 Å². The van der Waals surface area contributed by atoms with Crippen LogP contribution < -0.4 is 9.04 Å². The molecule has 10 heteroatoms. The average molecular weight is 502 g/mol. The predicted molar refractivity (Wildman–Crippen MR) is 134 cm³/mol. The third-order valence-corrected chi connectivity index (χ3v) is 9.70. The monoisotopic (exact) mass is 501 g/mol. The second-order valence-corrected chi connectivity index (χ2v) is 17.4. The number of benzene rings is 2. The Bertz CT molecular complexity index is 1230. The molecule has 1 saturated heterocycles. The van der Waals surface area contributed by atoms with Crippen molar-refractivity contribution in [2.24, 2.45) is 0 Å². The van der Waals surface area contributed by atoms with Crippen LogP contribution in [0.2, 0.25) is 25.7 Å². The van der Waals surface area contributed by atoms with Gasteiger partial charge in [0, 0.05) is 31.8 Å². The highest BCUT2D eigenvalue weighted by molar-refractivity contribution is 7.91. The fourth-order valence-electron chi connectivity index (χ4n) is 3.49. The lowest BCUT2D eigenvalue weighted by molar-refractivity contribution is -0.123. The van der Waals surface area contributed by atoms with Gasteiger partial charge in [0.15, 0.2) is 0 Å². The molecule has 0 spiro atoms. The summed E-state index contributed by atoms with van der Waals surface area (Å²) in [5, 5.41) is 2.69. The van der Waals surface area contributed by atoms with Crippen LogP contribution in [0.4, 0.5) is 5.69 Å². The molecule has 174 valence electrons. The third kappa shape index (κ3) is 5.28. The molecule has 2 aromatic carbocycles. The van der Waals surface area contributed by atoms with Crippen molar-refractivity contribution in [1.82, 2.24) is 9.29 Å². The van der Waals surface area contributed by atoms with E-state index < -0.39 is 24.2 Å². The molecular formula is C23H27N3O4S2Si. The molecule has 4 rings (SSSR count). The summed E-state index contributed by atoms with van der Waals surface area (Å²) in [5.41, 5.74) is 2.14. The molecule has 7 nitrogen and oxygen atoms in total. The largest absolute Gasteiger partial charge is 0.487 e. The van der Waals surface area contributed by atoms with Crippen LogP contribution in [0.25, 0.3) is 10.6 Å². The smallest absolute Gasteiger partial charge is 0.329 e. The van der Waals surface area contributed by atoms with E-state index in [0.717, 1.165) is 24.7 Å². The molecular weight excluding hydrogens is 474 g/mol. The number of thiazole rings is 1. The minimum absolute atomic E-state index is 0.213. The molecule has 1 amide bonds. The second-order valence-electron chi connectivity index (χ2n) is 9.08. The zero-order valence-corrected chi connectivity index (χ0v) is 21.5. The molecule has 0 atom stereocenters. The zero-order chi connectivity index (χ0) is 23.6. The summed E-state index contributed by atoms with van der Waals surface area (Å²) >= 11 is 1.49. The van der Waals surface area contributed by atoms with Crippen molar-refractivity contribution in [2.45, 2.75) is 32.3 Å². The van der Waals surface area contributed by atoms with Crippen LogP contribution in [0.5, 0.6) is 5.75 Å². The highest BCUT2D eigenvalue weighted by Gasteiger charge is 2.44. The van der Waals surface area contributed by atoms with E-state index >= 15 is 0 Å². The van der Waals surface area contributed by atoms with E-state index in [-0.39, 0.29) is 19.7 Å². The van der Waals surface area contributed by atoms with Crippen molar-refractivity contribution < 1.29 is 17.9 Å². The SMILES string of the molecule is C[Si](C)(C)CCN1C(=O)CN(c2ccc(-c3nccs3)cc2OCc2ccccc2)S1(=O)=O. The van der Waals surface area contributed by atoms with Gasteiger partial charge in [-0.05, 0) is 29.8 Å². The minimum atomic E-state index is -3.98. The third-order valence-electron chi connectivity index (χ3n) is 5.32. The predicted octanol–water partition coefficient (Wildman–Crippen LogP) is 4.62. The van der Waals surface area contributed by atoms with Crippen molar-refractivity contribution in [3.8, 4) is 16.3 Å². The van der Waals surface area contributed by atoms with E-state index in [2.05, 4.69) is 24.6 Å². The summed E-state index contributed by atoms with van der Waals surface area (Å²) in [5.74, 6) is -0.0127. The quantitative estimate of drug-likeness (QED) is 0.421. The maximum absolute atomic E-state index is 13.3. The number of nitrogens with zero attached hydrogens (tertiary/aromatic N) is 3. The number of amides is 1. The number of ether oxygens (including phenoxy) is 1. The van der Waals surface area contributed by atoms with Crippen LogP contribution in [0, 0.1) is 0 Å². The van der Waals surface area contributed by atoms with Gasteiger partial charge in [-0.1, -0.05) is 50.0 Å². The van der Waals surface area contributed by atoms with Crippen molar-refractivity contribution in [3.63, 3.8) is 0 Å². The number of carbonyl (C=O) groups is 1. The summed E-state index contributed by atoms with van der Waals surface area (Å²) in [7, 11) is -5.50. The standard InChI is InChI=1S/C23H27N3O4S2Si/c1-33(2,3)14-12-25-22(27)16-26(32(25,28)29)20-10-9-19(23-24-11-13-31-23)15-21(20)30-17-18-7-5-4-6-8-18/h4-11,13,15H,12,14,16-17H2,1-3H3. The highest BCUT2D eigenvalue weighted by atomic mass is 32.2. The van der Waals surface area contributed by atoms with Gasteiger partial charge in [0.05, 0.1) is 5.69 Å². The van der Waals surface area contributed by atoms with Crippen molar-refractivity contribution in [2.75, 3.05) is 17.4 Å². The second kappa shape index (κ2) is 9.28. The van der Waals surface area contributed by atoms with Crippen molar-refractivity contribution in [3.05, 3.63) is 65.7 Å². The molecule has 0 saturated carbocycles. The Kier molecular flexibility index (Phi) is 6.60. The first-order valence-corrected chi connectivity index (χ1v) is 16.7. The lowest BCUT2D eigenvalue weighted by atomic mass is 10.2. The van der Waals surface area contributed by atoms with Crippen molar-refractivity contribution in [1.29, 1.82) is 0 Å². The number of aromatic nitrogens is 1. The summed E-state index contributed by atoms with van der Waals surface area (Å²) in [6.07, 6.45) is 1.72. The Balaban J connectivity index is 1.67. The Labute approximate surface area is 199 Å². The van der Waals surface area contributed by atoms with E-state index in [1.54, 1.807) is 18.3 Å². The maximum atomic E-state index is 13.3. The zero-order valence-electron chi connectivity index (χ0n) is 18.9. The molecule has 0 aliphatic carbocycles. The van der Waals surface area contributed by atoms with E-state index in [1.807, 2.05) is 41.8 Å². The Morgan fingerprint density at radius 3 is 2.55 bits per heavy atom. The Hall–Kier alpha value is -2.69. The van der Waals surface area contributed by atoms with Crippen LogP contribution in [-0.4, -0.2) is 44.8 Å². The molecule has 0 bridgehead atoms. The fraction of sp³-hybridized carbons (Fsp3) is 0.304. The molecule has 0 radical (unpaired) electrons. The number of rotatable bonds is 8.